The van der Waals surface area contributed by atoms with Gasteiger partial charge in [0.1, 0.15) is 5.69 Å². The van der Waals surface area contributed by atoms with Crippen LogP contribution in [0.4, 0.5) is 17.1 Å². The number of amides is 1. The van der Waals surface area contributed by atoms with Gasteiger partial charge in [0.2, 0.25) is 0 Å². The Kier molecular flexibility index (Phi) is 4.62. The van der Waals surface area contributed by atoms with Crippen LogP contribution in [0, 0.1) is 10.1 Å². The third kappa shape index (κ3) is 3.35. The molecule has 114 valence electrons. The number of carbonyl (C=O) groups excluding carboxylic acids is 1. The van der Waals surface area contributed by atoms with Gasteiger partial charge in [-0.1, -0.05) is 29.8 Å². The van der Waals surface area contributed by atoms with Crippen molar-refractivity contribution in [1.82, 2.24) is 0 Å². The number of nitrogens with zero attached hydrogens (tertiary/aromatic N) is 2. The maximum atomic E-state index is 12.1. The van der Waals surface area contributed by atoms with Gasteiger partial charge in [0, 0.05) is 25.7 Å². The van der Waals surface area contributed by atoms with Gasteiger partial charge in [0.05, 0.1) is 15.6 Å². The SMILES string of the molecule is CN(C)c1cc(NC(=O)c2ccccc2)c(Cl)cc1[N+](=O)[O-]. The fraction of sp³-hybridized carbons (Fsp3) is 0.133. The smallest absolute Gasteiger partial charge is 0.294 e. The summed E-state index contributed by atoms with van der Waals surface area (Å²) in [5, 5.41) is 13.8. The van der Waals surface area contributed by atoms with Gasteiger partial charge >= 0.3 is 0 Å². The average Bonchev–Trinajstić information content (AvgIpc) is 2.49. The lowest BCUT2D eigenvalue weighted by atomic mass is 10.2. The van der Waals surface area contributed by atoms with Crippen LogP contribution in [0.15, 0.2) is 42.5 Å². The van der Waals surface area contributed by atoms with Gasteiger partial charge in [-0.25, -0.2) is 0 Å². The van der Waals surface area contributed by atoms with Crippen LogP contribution >= 0.6 is 11.6 Å². The van der Waals surface area contributed by atoms with E-state index in [0.717, 1.165) is 0 Å². The molecule has 1 N–H and O–H groups in total. The van der Waals surface area contributed by atoms with E-state index in [1.54, 1.807) is 49.3 Å². The molecule has 0 bridgehead atoms. The third-order valence-corrected chi connectivity index (χ3v) is 3.34. The van der Waals surface area contributed by atoms with Gasteiger partial charge in [-0.15, -0.1) is 0 Å². The highest BCUT2D eigenvalue weighted by molar-refractivity contribution is 6.34. The van der Waals surface area contributed by atoms with Crippen molar-refractivity contribution in [2.45, 2.75) is 0 Å². The predicted octanol–water partition coefficient (Wildman–Crippen LogP) is 3.57. The Morgan fingerprint density at radius 2 is 1.86 bits per heavy atom. The summed E-state index contributed by atoms with van der Waals surface area (Å²) in [6.07, 6.45) is 0. The fourth-order valence-electron chi connectivity index (χ4n) is 1.94. The van der Waals surface area contributed by atoms with E-state index < -0.39 is 4.92 Å². The first kappa shape index (κ1) is 15.8. The van der Waals surface area contributed by atoms with Crippen LogP contribution in [0.2, 0.25) is 5.02 Å². The minimum atomic E-state index is -0.510. The lowest BCUT2D eigenvalue weighted by molar-refractivity contribution is -0.384. The van der Waals surface area contributed by atoms with E-state index in [1.165, 1.54) is 12.1 Å². The van der Waals surface area contributed by atoms with Crippen molar-refractivity contribution in [3.8, 4) is 0 Å². The Hall–Kier alpha value is -2.60. The molecule has 2 rings (SSSR count). The number of hydrogen-bond acceptors (Lipinski definition) is 4. The van der Waals surface area contributed by atoms with Gasteiger partial charge in [-0.2, -0.15) is 0 Å². The molecule has 0 spiro atoms. The van der Waals surface area contributed by atoms with Gasteiger partial charge in [-0.3, -0.25) is 14.9 Å². The maximum absolute atomic E-state index is 12.1. The standard InChI is InChI=1S/C15H14ClN3O3/c1-18(2)13-9-12(11(16)8-14(13)19(21)22)17-15(20)10-6-4-3-5-7-10/h3-9H,1-2H3,(H,17,20). The topological polar surface area (TPSA) is 75.5 Å². The van der Waals surface area contributed by atoms with Crippen molar-refractivity contribution in [1.29, 1.82) is 0 Å². The van der Waals surface area contributed by atoms with Crippen LogP contribution in [0.3, 0.4) is 0 Å². The second-order valence-corrected chi connectivity index (χ2v) is 5.20. The Morgan fingerprint density at radius 1 is 1.23 bits per heavy atom. The van der Waals surface area contributed by atoms with E-state index in [1.807, 2.05) is 0 Å². The van der Waals surface area contributed by atoms with Crippen LogP contribution in [0.25, 0.3) is 0 Å². The molecule has 0 unspecified atom stereocenters. The van der Waals surface area contributed by atoms with Crippen LogP contribution in [-0.4, -0.2) is 24.9 Å². The van der Waals surface area contributed by atoms with Crippen molar-refractivity contribution in [3.05, 3.63) is 63.2 Å². The minimum absolute atomic E-state index is 0.113. The molecule has 7 heteroatoms. The summed E-state index contributed by atoms with van der Waals surface area (Å²) in [7, 11) is 3.36. The maximum Gasteiger partial charge on any atom is 0.294 e. The van der Waals surface area contributed by atoms with E-state index in [2.05, 4.69) is 5.32 Å². The molecule has 0 aliphatic carbocycles. The monoisotopic (exact) mass is 319 g/mol. The molecule has 0 aliphatic heterocycles. The number of nitro groups is 1. The van der Waals surface area contributed by atoms with Crippen LogP contribution in [0.1, 0.15) is 10.4 Å². The first-order valence-corrected chi connectivity index (χ1v) is 6.79. The molecule has 6 nitrogen and oxygen atoms in total. The molecule has 0 saturated carbocycles. The molecule has 0 radical (unpaired) electrons. The molecular weight excluding hydrogens is 306 g/mol. The Bertz CT molecular complexity index is 717. The normalized spacial score (nSPS) is 10.1. The summed E-state index contributed by atoms with van der Waals surface area (Å²) in [6.45, 7) is 0. The van der Waals surface area contributed by atoms with Gasteiger partial charge < -0.3 is 10.2 Å². The van der Waals surface area contributed by atoms with Gasteiger partial charge in [0.25, 0.3) is 11.6 Å². The number of anilines is 2. The van der Waals surface area contributed by atoms with Crippen LogP contribution in [-0.2, 0) is 0 Å². The molecule has 0 fully saturated rings. The Balaban J connectivity index is 2.38. The molecule has 2 aromatic rings. The zero-order chi connectivity index (χ0) is 16.3. The summed E-state index contributed by atoms with van der Waals surface area (Å²) in [5.41, 5.74) is 1.04. The number of nitrogens with one attached hydrogen (secondary N) is 1. The van der Waals surface area contributed by atoms with Crippen LogP contribution in [0.5, 0.6) is 0 Å². The number of benzene rings is 2. The number of halogens is 1. The summed E-state index contributed by atoms with van der Waals surface area (Å²) >= 11 is 6.04. The molecule has 0 atom stereocenters. The summed E-state index contributed by atoms with van der Waals surface area (Å²) in [6, 6.07) is 11.4. The minimum Gasteiger partial charge on any atom is -0.372 e. The Labute approximate surface area is 132 Å². The third-order valence-electron chi connectivity index (χ3n) is 3.03. The largest absolute Gasteiger partial charge is 0.372 e. The molecule has 0 saturated heterocycles. The molecule has 0 aromatic heterocycles. The molecule has 1 amide bonds. The number of nitro benzene ring substituents is 1. The first-order valence-electron chi connectivity index (χ1n) is 6.42. The van der Waals surface area contributed by atoms with E-state index in [0.29, 0.717) is 16.9 Å². The second kappa shape index (κ2) is 6.44. The lowest BCUT2D eigenvalue weighted by Gasteiger charge is -2.15. The van der Waals surface area contributed by atoms with E-state index in [9.17, 15) is 14.9 Å². The number of rotatable bonds is 4. The van der Waals surface area contributed by atoms with Crippen molar-refractivity contribution >= 4 is 34.6 Å². The zero-order valence-corrected chi connectivity index (χ0v) is 12.8. The number of hydrogen-bond donors (Lipinski definition) is 1. The summed E-state index contributed by atoms with van der Waals surface area (Å²) in [4.78, 5) is 24.3. The Morgan fingerprint density at radius 3 is 2.41 bits per heavy atom. The quantitative estimate of drug-likeness (QED) is 0.690. The van der Waals surface area contributed by atoms with Gasteiger partial charge in [0.15, 0.2) is 0 Å². The van der Waals surface area contributed by atoms with E-state index in [-0.39, 0.29) is 16.6 Å². The highest BCUT2D eigenvalue weighted by Gasteiger charge is 2.20. The van der Waals surface area contributed by atoms with Crippen molar-refractivity contribution < 1.29 is 9.72 Å². The first-order chi connectivity index (χ1) is 10.4. The van der Waals surface area contributed by atoms with Gasteiger partial charge in [-0.05, 0) is 18.2 Å². The van der Waals surface area contributed by atoms with Crippen LogP contribution < -0.4 is 10.2 Å². The highest BCUT2D eigenvalue weighted by atomic mass is 35.5. The molecule has 0 heterocycles. The molecule has 2 aromatic carbocycles. The molecule has 0 aliphatic rings. The number of carbonyl (C=O) groups is 1. The molecular formula is C15H14ClN3O3. The predicted molar refractivity (Wildman–Crippen MR) is 86.8 cm³/mol. The van der Waals surface area contributed by atoms with E-state index in [4.69, 9.17) is 11.6 Å². The van der Waals surface area contributed by atoms with E-state index >= 15 is 0 Å². The molecule has 22 heavy (non-hydrogen) atoms. The lowest BCUT2D eigenvalue weighted by Crippen LogP contribution is -2.15. The second-order valence-electron chi connectivity index (χ2n) is 4.79. The summed E-state index contributed by atoms with van der Waals surface area (Å²) in [5.74, 6) is -0.332. The van der Waals surface area contributed by atoms with Crippen molar-refractivity contribution in [2.75, 3.05) is 24.3 Å². The zero-order valence-electron chi connectivity index (χ0n) is 12.0. The van der Waals surface area contributed by atoms with Crippen molar-refractivity contribution in [3.63, 3.8) is 0 Å². The fourth-order valence-corrected chi connectivity index (χ4v) is 2.14. The summed E-state index contributed by atoms with van der Waals surface area (Å²) < 4.78 is 0. The highest BCUT2D eigenvalue weighted by Crippen LogP contribution is 2.35. The average molecular weight is 320 g/mol. The van der Waals surface area contributed by atoms with Crippen molar-refractivity contribution in [2.24, 2.45) is 0 Å².